The van der Waals surface area contributed by atoms with Gasteiger partial charge in [0, 0.05) is 17.1 Å². The third-order valence-electron chi connectivity index (χ3n) is 4.20. The van der Waals surface area contributed by atoms with E-state index in [1.54, 1.807) is 36.4 Å². The fraction of sp³-hybridized carbons (Fsp3) is 0.143. The van der Waals surface area contributed by atoms with Crippen LogP contribution < -0.4 is 10.6 Å². The Bertz CT molecular complexity index is 957. The fourth-order valence-electron chi connectivity index (χ4n) is 2.68. The van der Waals surface area contributed by atoms with Gasteiger partial charge in [0.2, 0.25) is 5.91 Å². The number of hydrogen-bond acceptors (Lipinski definition) is 3. The van der Waals surface area contributed by atoms with Gasteiger partial charge in [0.05, 0.1) is 6.61 Å². The Morgan fingerprint density at radius 1 is 0.963 bits per heavy atom. The Kier molecular flexibility index (Phi) is 6.06. The summed E-state index contributed by atoms with van der Waals surface area (Å²) in [6.07, 6.45) is 0. The van der Waals surface area contributed by atoms with Crippen LogP contribution in [0, 0.1) is 0 Å². The molecule has 138 valence electrons. The van der Waals surface area contributed by atoms with Gasteiger partial charge in [-0.25, -0.2) is 0 Å². The van der Waals surface area contributed by atoms with Gasteiger partial charge in [-0.1, -0.05) is 54.1 Å². The van der Waals surface area contributed by atoms with Gasteiger partial charge in [-0.15, -0.1) is 0 Å². The van der Waals surface area contributed by atoms with Crippen molar-refractivity contribution in [3.8, 4) is 0 Å². The van der Waals surface area contributed by atoms with Crippen LogP contribution in [0.5, 0.6) is 0 Å². The van der Waals surface area contributed by atoms with E-state index in [2.05, 4.69) is 10.6 Å². The molecule has 0 bridgehead atoms. The molecule has 3 aromatic carbocycles. The molecule has 0 heterocycles. The van der Waals surface area contributed by atoms with E-state index in [9.17, 15) is 14.7 Å². The summed E-state index contributed by atoms with van der Waals surface area (Å²) in [4.78, 5) is 24.7. The Labute approximate surface area is 162 Å². The number of aliphatic hydroxyl groups is 1. The summed E-state index contributed by atoms with van der Waals surface area (Å²) in [7, 11) is 0. The average molecular weight is 383 g/mol. The fourth-order valence-corrected chi connectivity index (χ4v) is 2.81. The van der Waals surface area contributed by atoms with Crippen LogP contribution in [0.2, 0.25) is 5.02 Å². The third-order valence-corrected chi connectivity index (χ3v) is 4.45. The quantitative estimate of drug-likeness (QED) is 0.613. The van der Waals surface area contributed by atoms with Gasteiger partial charge in [0.1, 0.15) is 6.04 Å². The van der Waals surface area contributed by atoms with E-state index in [1.165, 1.54) is 0 Å². The van der Waals surface area contributed by atoms with Crippen LogP contribution in [0.15, 0.2) is 66.7 Å². The molecular formula is C21H19ClN2O3. The highest BCUT2D eigenvalue weighted by atomic mass is 35.5. The predicted octanol–water partition coefficient (Wildman–Crippen LogP) is 2.90. The summed E-state index contributed by atoms with van der Waals surface area (Å²) in [5.74, 6) is -0.872. The number of hydrogen-bond donors (Lipinski definition) is 3. The Morgan fingerprint density at radius 2 is 1.67 bits per heavy atom. The van der Waals surface area contributed by atoms with Crippen molar-refractivity contribution < 1.29 is 14.7 Å². The van der Waals surface area contributed by atoms with Gasteiger partial charge < -0.3 is 15.7 Å². The molecule has 1 atom stereocenters. The van der Waals surface area contributed by atoms with Gasteiger partial charge >= 0.3 is 0 Å². The monoisotopic (exact) mass is 382 g/mol. The van der Waals surface area contributed by atoms with Crippen LogP contribution in [-0.2, 0) is 11.3 Å². The summed E-state index contributed by atoms with van der Waals surface area (Å²) in [5, 5.41) is 17.3. The number of aliphatic hydroxyl groups excluding tert-OH is 1. The lowest BCUT2D eigenvalue weighted by Gasteiger charge is -2.16. The smallest absolute Gasteiger partial charge is 0.252 e. The molecule has 0 aliphatic carbocycles. The summed E-state index contributed by atoms with van der Waals surface area (Å²) >= 11 is 5.83. The maximum atomic E-state index is 12.5. The number of benzene rings is 3. The molecule has 0 radical (unpaired) electrons. The van der Waals surface area contributed by atoms with Gasteiger partial charge in [-0.2, -0.15) is 0 Å². The number of carbonyl (C=O) groups excluding carboxylic acids is 2. The number of amides is 2. The van der Waals surface area contributed by atoms with Gasteiger partial charge in [-0.3, -0.25) is 9.59 Å². The van der Waals surface area contributed by atoms with E-state index in [-0.39, 0.29) is 6.54 Å². The topological polar surface area (TPSA) is 78.4 Å². The molecule has 3 rings (SSSR count). The minimum Gasteiger partial charge on any atom is -0.394 e. The zero-order valence-electron chi connectivity index (χ0n) is 14.5. The summed E-state index contributed by atoms with van der Waals surface area (Å²) in [6, 6.07) is 19.0. The Hall–Kier alpha value is -2.89. The van der Waals surface area contributed by atoms with Crippen molar-refractivity contribution >= 4 is 34.2 Å². The molecule has 27 heavy (non-hydrogen) atoms. The molecule has 0 saturated heterocycles. The summed E-state index contributed by atoms with van der Waals surface area (Å²) in [6.45, 7) is -0.218. The third kappa shape index (κ3) is 4.84. The number of fused-ring (bicyclic) bond motifs is 1. The molecule has 3 N–H and O–H groups in total. The number of rotatable bonds is 6. The molecule has 0 spiro atoms. The first-order chi connectivity index (χ1) is 13.1. The highest BCUT2D eigenvalue weighted by Crippen LogP contribution is 2.15. The van der Waals surface area contributed by atoms with E-state index < -0.39 is 24.5 Å². The number of carbonyl (C=O) groups is 2. The second-order valence-corrected chi connectivity index (χ2v) is 6.55. The summed E-state index contributed by atoms with van der Waals surface area (Å²) in [5.41, 5.74) is 1.29. The van der Waals surface area contributed by atoms with Crippen molar-refractivity contribution in [2.75, 3.05) is 6.61 Å². The predicted molar refractivity (Wildman–Crippen MR) is 106 cm³/mol. The van der Waals surface area contributed by atoms with Crippen LogP contribution in [0.25, 0.3) is 10.8 Å². The molecule has 1 unspecified atom stereocenters. The highest BCUT2D eigenvalue weighted by Gasteiger charge is 2.20. The standard InChI is InChI=1S/C21H19ClN2O3/c22-18-9-5-14(6-10-18)12-23-21(27)19(13-25)24-20(26)17-8-7-15-3-1-2-4-16(15)11-17/h1-11,19,25H,12-13H2,(H,23,27)(H,24,26). The minimum absolute atomic E-state index is 0.276. The van der Waals surface area contributed by atoms with E-state index in [0.717, 1.165) is 16.3 Å². The molecule has 0 aliphatic rings. The van der Waals surface area contributed by atoms with Gasteiger partial charge in [0.25, 0.3) is 5.91 Å². The largest absolute Gasteiger partial charge is 0.394 e. The highest BCUT2D eigenvalue weighted by molar-refractivity contribution is 6.30. The number of halogens is 1. The summed E-state index contributed by atoms with van der Waals surface area (Å²) < 4.78 is 0. The normalized spacial score (nSPS) is 11.8. The Morgan fingerprint density at radius 3 is 2.37 bits per heavy atom. The van der Waals surface area contributed by atoms with E-state index in [0.29, 0.717) is 10.6 Å². The molecular weight excluding hydrogens is 364 g/mol. The lowest BCUT2D eigenvalue weighted by Crippen LogP contribution is -2.48. The first kappa shape index (κ1) is 18.9. The van der Waals surface area contributed by atoms with Crippen LogP contribution in [0.3, 0.4) is 0 Å². The number of nitrogens with one attached hydrogen (secondary N) is 2. The molecule has 3 aromatic rings. The van der Waals surface area contributed by atoms with E-state index >= 15 is 0 Å². The molecule has 2 amide bonds. The first-order valence-corrected chi connectivity index (χ1v) is 8.87. The van der Waals surface area contributed by atoms with E-state index in [1.807, 2.05) is 30.3 Å². The van der Waals surface area contributed by atoms with Crippen LogP contribution in [0.1, 0.15) is 15.9 Å². The lowest BCUT2D eigenvalue weighted by atomic mass is 10.1. The zero-order valence-corrected chi connectivity index (χ0v) is 15.2. The van der Waals surface area contributed by atoms with Crippen molar-refractivity contribution in [3.63, 3.8) is 0 Å². The maximum Gasteiger partial charge on any atom is 0.252 e. The zero-order chi connectivity index (χ0) is 19.2. The Balaban J connectivity index is 1.63. The van der Waals surface area contributed by atoms with Gasteiger partial charge in [-0.05, 0) is 40.6 Å². The minimum atomic E-state index is -1.03. The van der Waals surface area contributed by atoms with E-state index in [4.69, 9.17) is 11.6 Å². The van der Waals surface area contributed by atoms with Crippen molar-refractivity contribution in [1.29, 1.82) is 0 Å². The maximum absolute atomic E-state index is 12.5. The van der Waals surface area contributed by atoms with Crippen LogP contribution in [-0.4, -0.2) is 29.6 Å². The van der Waals surface area contributed by atoms with Crippen LogP contribution in [0.4, 0.5) is 0 Å². The second-order valence-electron chi connectivity index (χ2n) is 6.11. The van der Waals surface area contributed by atoms with Crippen LogP contribution >= 0.6 is 11.6 Å². The molecule has 0 saturated carbocycles. The SMILES string of the molecule is O=C(NC(CO)C(=O)NCc1ccc(Cl)cc1)c1ccc2ccccc2c1. The lowest BCUT2D eigenvalue weighted by molar-refractivity contribution is -0.124. The van der Waals surface area contributed by atoms with Crippen molar-refractivity contribution in [1.82, 2.24) is 10.6 Å². The van der Waals surface area contributed by atoms with Crippen molar-refractivity contribution in [2.45, 2.75) is 12.6 Å². The van der Waals surface area contributed by atoms with Crippen molar-refractivity contribution in [3.05, 3.63) is 82.9 Å². The average Bonchev–Trinajstić information content (AvgIpc) is 2.70. The van der Waals surface area contributed by atoms with Gasteiger partial charge in [0.15, 0.2) is 0 Å². The van der Waals surface area contributed by atoms with Crippen molar-refractivity contribution in [2.24, 2.45) is 0 Å². The molecule has 0 aromatic heterocycles. The second kappa shape index (κ2) is 8.66. The molecule has 0 fully saturated rings. The first-order valence-electron chi connectivity index (χ1n) is 8.49. The molecule has 5 nitrogen and oxygen atoms in total. The molecule has 0 aliphatic heterocycles. The molecule has 6 heteroatoms.